The van der Waals surface area contributed by atoms with Gasteiger partial charge >= 0.3 is 0 Å². The minimum atomic E-state index is 0.197. The lowest BCUT2D eigenvalue weighted by Gasteiger charge is -2.02. The number of benzene rings is 2. The summed E-state index contributed by atoms with van der Waals surface area (Å²) in [5, 5.41) is 3.05. The van der Waals surface area contributed by atoms with Crippen LogP contribution in [0.1, 0.15) is 21.5 Å². The van der Waals surface area contributed by atoms with E-state index >= 15 is 0 Å². The third-order valence-corrected chi connectivity index (χ3v) is 4.19. The zero-order valence-corrected chi connectivity index (χ0v) is 11.5. The summed E-state index contributed by atoms with van der Waals surface area (Å²) in [6, 6.07) is 16.2. The molecule has 0 unspecified atom stereocenters. The molecule has 3 aromatic rings. The van der Waals surface area contributed by atoms with Gasteiger partial charge in [-0.2, -0.15) is 0 Å². The second-order valence-corrected chi connectivity index (χ2v) is 5.65. The second-order valence-electron chi connectivity index (χ2n) is 4.73. The first-order chi connectivity index (χ1) is 9.24. The Balaban J connectivity index is 1.92. The minimum Gasteiger partial charge on any atom is -0.294 e. The number of carbonyl (C=O) groups is 1. The van der Waals surface area contributed by atoms with Crippen molar-refractivity contribution >= 4 is 27.2 Å². The quantitative estimate of drug-likeness (QED) is 0.631. The van der Waals surface area contributed by atoms with Crippen LogP contribution in [0.5, 0.6) is 0 Å². The third kappa shape index (κ3) is 2.45. The van der Waals surface area contributed by atoms with Crippen molar-refractivity contribution in [3.05, 3.63) is 70.6 Å². The van der Waals surface area contributed by atoms with Gasteiger partial charge in [-0.1, -0.05) is 48.0 Å². The van der Waals surface area contributed by atoms with Crippen LogP contribution in [0.15, 0.2) is 53.9 Å². The Morgan fingerprint density at radius 2 is 1.95 bits per heavy atom. The second kappa shape index (κ2) is 4.98. The molecular formula is C17H14OS. The Kier molecular flexibility index (Phi) is 3.18. The van der Waals surface area contributed by atoms with Gasteiger partial charge in [0, 0.05) is 27.5 Å². The lowest BCUT2D eigenvalue weighted by Crippen LogP contribution is -2.02. The molecule has 19 heavy (non-hydrogen) atoms. The first-order valence-electron chi connectivity index (χ1n) is 6.29. The lowest BCUT2D eigenvalue weighted by atomic mass is 10.0. The van der Waals surface area contributed by atoms with Crippen LogP contribution in [0.4, 0.5) is 0 Å². The molecule has 1 heterocycles. The highest BCUT2D eigenvalue weighted by atomic mass is 32.1. The summed E-state index contributed by atoms with van der Waals surface area (Å²) < 4.78 is 1.18. The molecule has 0 radical (unpaired) electrons. The molecule has 0 saturated carbocycles. The van der Waals surface area contributed by atoms with Crippen molar-refractivity contribution in [1.29, 1.82) is 0 Å². The number of fused-ring (bicyclic) bond motifs is 1. The van der Waals surface area contributed by atoms with Crippen LogP contribution in [-0.4, -0.2) is 5.78 Å². The highest BCUT2D eigenvalue weighted by Gasteiger charge is 2.12. The van der Waals surface area contributed by atoms with Gasteiger partial charge in [-0.15, -0.1) is 11.3 Å². The first kappa shape index (κ1) is 12.1. The van der Waals surface area contributed by atoms with E-state index in [1.807, 2.05) is 48.7 Å². The van der Waals surface area contributed by atoms with Crippen molar-refractivity contribution in [2.75, 3.05) is 0 Å². The molecule has 0 aliphatic carbocycles. The van der Waals surface area contributed by atoms with Crippen molar-refractivity contribution in [2.24, 2.45) is 0 Å². The summed E-state index contributed by atoms with van der Waals surface area (Å²) >= 11 is 1.64. The molecule has 0 atom stereocenters. The van der Waals surface area contributed by atoms with Gasteiger partial charge in [0.05, 0.1) is 0 Å². The molecule has 0 N–H and O–H groups in total. The maximum Gasteiger partial charge on any atom is 0.168 e. The molecular weight excluding hydrogens is 252 g/mol. The highest BCUT2D eigenvalue weighted by Crippen LogP contribution is 2.26. The Morgan fingerprint density at radius 1 is 1.11 bits per heavy atom. The van der Waals surface area contributed by atoms with E-state index in [1.54, 1.807) is 11.3 Å². The highest BCUT2D eigenvalue weighted by molar-refractivity contribution is 7.17. The standard InChI is InChI=1S/C17H14OS/c1-12-5-4-6-13(9-12)10-16(18)15-11-19-17-8-3-2-7-14(15)17/h2-9,11H,10H2,1H3. The van der Waals surface area contributed by atoms with Gasteiger partial charge in [0.15, 0.2) is 5.78 Å². The number of rotatable bonds is 3. The Labute approximate surface area is 116 Å². The molecule has 0 aliphatic rings. The van der Waals surface area contributed by atoms with Crippen LogP contribution in [0.3, 0.4) is 0 Å². The van der Waals surface area contributed by atoms with E-state index in [4.69, 9.17) is 0 Å². The molecule has 1 nitrogen and oxygen atoms in total. The summed E-state index contributed by atoms with van der Waals surface area (Å²) in [4.78, 5) is 12.4. The normalized spacial score (nSPS) is 10.8. The monoisotopic (exact) mass is 266 g/mol. The zero-order chi connectivity index (χ0) is 13.2. The number of thiophene rings is 1. The predicted octanol–water partition coefficient (Wildman–Crippen LogP) is 4.64. The van der Waals surface area contributed by atoms with Crippen molar-refractivity contribution in [3.63, 3.8) is 0 Å². The van der Waals surface area contributed by atoms with Gasteiger partial charge in [-0.05, 0) is 18.6 Å². The zero-order valence-electron chi connectivity index (χ0n) is 10.7. The van der Waals surface area contributed by atoms with Crippen LogP contribution >= 0.6 is 11.3 Å². The van der Waals surface area contributed by atoms with E-state index in [1.165, 1.54) is 10.3 Å². The maximum absolute atomic E-state index is 12.4. The first-order valence-corrected chi connectivity index (χ1v) is 7.17. The number of aryl methyl sites for hydroxylation is 1. The fourth-order valence-corrected chi connectivity index (χ4v) is 3.26. The molecule has 0 amide bonds. The molecule has 0 spiro atoms. The van der Waals surface area contributed by atoms with Crippen molar-refractivity contribution in [2.45, 2.75) is 13.3 Å². The summed E-state index contributed by atoms with van der Waals surface area (Å²) in [5.74, 6) is 0.197. The van der Waals surface area contributed by atoms with E-state index in [0.29, 0.717) is 6.42 Å². The maximum atomic E-state index is 12.4. The van der Waals surface area contributed by atoms with E-state index in [-0.39, 0.29) is 5.78 Å². The van der Waals surface area contributed by atoms with Crippen LogP contribution in [0, 0.1) is 6.92 Å². The molecule has 2 heteroatoms. The smallest absolute Gasteiger partial charge is 0.168 e. The van der Waals surface area contributed by atoms with Crippen LogP contribution < -0.4 is 0 Å². The lowest BCUT2D eigenvalue weighted by molar-refractivity contribution is 0.0995. The van der Waals surface area contributed by atoms with Crippen molar-refractivity contribution in [3.8, 4) is 0 Å². The van der Waals surface area contributed by atoms with Crippen molar-refractivity contribution in [1.82, 2.24) is 0 Å². The molecule has 2 aromatic carbocycles. The van der Waals surface area contributed by atoms with Gasteiger partial charge in [-0.3, -0.25) is 4.79 Å². The van der Waals surface area contributed by atoms with Crippen molar-refractivity contribution < 1.29 is 4.79 Å². The van der Waals surface area contributed by atoms with E-state index < -0.39 is 0 Å². The SMILES string of the molecule is Cc1cccc(CC(=O)c2csc3ccccc23)c1. The molecule has 0 aliphatic heterocycles. The van der Waals surface area contributed by atoms with Gasteiger partial charge in [0.2, 0.25) is 0 Å². The van der Waals surface area contributed by atoms with E-state index in [0.717, 1.165) is 16.5 Å². The third-order valence-electron chi connectivity index (χ3n) is 3.23. The Hall–Kier alpha value is -1.93. The average Bonchev–Trinajstić information content (AvgIpc) is 2.82. The van der Waals surface area contributed by atoms with Gasteiger partial charge in [0.25, 0.3) is 0 Å². The summed E-state index contributed by atoms with van der Waals surface area (Å²) in [7, 11) is 0. The topological polar surface area (TPSA) is 17.1 Å². The molecule has 0 fully saturated rings. The largest absolute Gasteiger partial charge is 0.294 e. The molecule has 0 bridgehead atoms. The molecule has 0 saturated heterocycles. The minimum absolute atomic E-state index is 0.197. The van der Waals surface area contributed by atoms with Gasteiger partial charge < -0.3 is 0 Å². The predicted molar refractivity (Wildman–Crippen MR) is 81.0 cm³/mol. The molecule has 1 aromatic heterocycles. The average molecular weight is 266 g/mol. The van der Waals surface area contributed by atoms with E-state index in [2.05, 4.69) is 12.1 Å². The fourth-order valence-electron chi connectivity index (χ4n) is 2.30. The van der Waals surface area contributed by atoms with Crippen LogP contribution in [0.25, 0.3) is 10.1 Å². The number of hydrogen-bond donors (Lipinski definition) is 0. The van der Waals surface area contributed by atoms with E-state index in [9.17, 15) is 4.79 Å². The van der Waals surface area contributed by atoms with Crippen LogP contribution in [-0.2, 0) is 6.42 Å². The van der Waals surface area contributed by atoms with Gasteiger partial charge in [-0.25, -0.2) is 0 Å². The molecule has 94 valence electrons. The van der Waals surface area contributed by atoms with Crippen LogP contribution in [0.2, 0.25) is 0 Å². The molecule has 3 rings (SSSR count). The summed E-state index contributed by atoms with van der Waals surface area (Å²) in [6.45, 7) is 2.05. The Bertz CT molecular complexity index is 740. The van der Waals surface area contributed by atoms with Gasteiger partial charge in [0.1, 0.15) is 0 Å². The fraction of sp³-hybridized carbons (Fsp3) is 0.118. The number of carbonyl (C=O) groups excluding carboxylic acids is 1. The summed E-state index contributed by atoms with van der Waals surface area (Å²) in [6.07, 6.45) is 0.475. The summed E-state index contributed by atoms with van der Waals surface area (Å²) in [5.41, 5.74) is 3.13. The number of Topliss-reactive ketones (excluding diaryl/α,β-unsaturated/α-hetero) is 1. The number of hydrogen-bond acceptors (Lipinski definition) is 2. The Morgan fingerprint density at radius 3 is 2.79 bits per heavy atom. The number of ketones is 1.